The number of aromatic hydroxyl groups is 1. The number of benzene rings is 2. The lowest BCUT2D eigenvalue weighted by Gasteiger charge is -2.12. The van der Waals surface area contributed by atoms with Crippen LogP contribution < -0.4 is 9.47 Å². The molecule has 23 heavy (non-hydrogen) atoms. The maximum atomic E-state index is 12.1. The van der Waals surface area contributed by atoms with E-state index < -0.39 is 17.1 Å². The highest BCUT2D eigenvalue weighted by atomic mass is 32.2. The largest absolute Gasteiger partial charge is 0.611 e. The fourth-order valence-electron chi connectivity index (χ4n) is 1.86. The second-order valence-electron chi connectivity index (χ2n) is 4.56. The molecule has 2 N–H and O–H groups in total. The van der Waals surface area contributed by atoms with Crippen LogP contribution in [0.3, 0.4) is 0 Å². The lowest BCUT2D eigenvalue weighted by atomic mass is 10.2. The normalized spacial score (nSPS) is 11.7. The van der Waals surface area contributed by atoms with Gasteiger partial charge < -0.3 is 24.2 Å². The van der Waals surface area contributed by atoms with Crippen molar-refractivity contribution >= 4 is 17.1 Å². The third-order valence-corrected chi connectivity index (χ3v) is 4.39. The van der Waals surface area contributed by atoms with Crippen LogP contribution in [0.5, 0.6) is 17.2 Å². The van der Waals surface area contributed by atoms with Gasteiger partial charge in [-0.2, -0.15) is 0 Å². The number of hydrogen-bond acceptors (Lipinski definition) is 5. The molecule has 1 atom stereocenters. The van der Waals surface area contributed by atoms with Crippen LogP contribution in [-0.4, -0.2) is 40.2 Å². The zero-order valence-corrected chi connectivity index (χ0v) is 13.2. The first-order valence-electron chi connectivity index (χ1n) is 6.73. The molecule has 0 radical (unpaired) electrons. The van der Waals surface area contributed by atoms with Crippen LogP contribution in [0.2, 0.25) is 0 Å². The fraction of sp³-hybridized carbons (Fsp3) is 0.188. The molecular weight excluding hydrogens is 320 g/mol. The summed E-state index contributed by atoms with van der Waals surface area (Å²) >= 11 is -1.22. The fourth-order valence-corrected chi connectivity index (χ4v) is 2.77. The lowest BCUT2D eigenvalue weighted by molar-refractivity contribution is 0.0693. The van der Waals surface area contributed by atoms with Gasteiger partial charge in [0.05, 0.1) is 7.11 Å². The maximum Gasteiger partial charge on any atom is 0.339 e. The number of ether oxygens (including phenoxy) is 2. The van der Waals surface area contributed by atoms with Crippen LogP contribution in [0.4, 0.5) is 0 Å². The van der Waals surface area contributed by atoms with Crippen molar-refractivity contribution in [3.8, 4) is 17.2 Å². The molecule has 0 saturated carbocycles. The Balaban J connectivity index is 1.88. The number of carboxylic acids is 1. The second kappa shape index (κ2) is 7.75. The van der Waals surface area contributed by atoms with Crippen molar-refractivity contribution in [3.63, 3.8) is 0 Å². The van der Waals surface area contributed by atoms with Gasteiger partial charge in [0, 0.05) is 6.07 Å². The van der Waals surface area contributed by atoms with Crippen LogP contribution in [0.1, 0.15) is 10.4 Å². The number of phenols is 1. The second-order valence-corrected chi connectivity index (χ2v) is 6.13. The van der Waals surface area contributed by atoms with Gasteiger partial charge in [0.1, 0.15) is 35.2 Å². The molecule has 0 heterocycles. The maximum absolute atomic E-state index is 12.1. The molecule has 0 bridgehead atoms. The molecule has 2 aromatic rings. The van der Waals surface area contributed by atoms with E-state index in [1.807, 2.05) is 0 Å². The minimum absolute atomic E-state index is 0.171. The number of hydrogen-bond donors (Lipinski definition) is 2. The molecule has 122 valence electrons. The smallest absolute Gasteiger partial charge is 0.339 e. The highest BCUT2D eigenvalue weighted by Gasteiger charge is 2.13. The molecule has 0 aliphatic heterocycles. The Bertz CT molecular complexity index is 671. The van der Waals surface area contributed by atoms with Gasteiger partial charge >= 0.3 is 5.97 Å². The predicted octanol–water partition coefficient (Wildman–Crippen LogP) is 2.29. The Morgan fingerprint density at radius 3 is 2.39 bits per heavy atom. The Morgan fingerprint density at radius 2 is 1.83 bits per heavy atom. The first-order chi connectivity index (χ1) is 11.0. The van der Waals surface area contributed by atoms with E-state index in [4.69, 9.17) is 14.6 Å². The van der Waals surface area contributed by atoms with Gasteiger partial charge in [-0.3, -0.25) is 0 Å². The zero-order chi connectivity index (χ0) is 16.8. The minimum atomic E-state index is -1.22. The van der Waals surface area contributed by atoms with Crippen LogP contribution in [0.15, 0.2) is 47.4 Å². The van der Waals surface area contributed by atoms with E-state index in [1.165, 1.54) is 18.2 Å². The summed E-state index contributed by atoms with van der Waals surface area (Å²) < 4.78 is 22.5. The summed E-state index contributed by atoms with van der Waals surface area (Å²) in [7, 11) is 1.56. The number of carboxylic acid groups (broad SMARTS) is 1. The van der Waals surface area contributed by atoms with Crippen LogP contribution in [0, 0.1) is 0 Å². The molecule has 0 spiro atoms. The minimum Gasteiger partial charge on any atom is -0.611 e. The van der Waals surface area contributed by atoms with E-state index in [2.05, 4.69) is 0 Å². The molecule has 0 aromatic heterocycles. The third kappa shape index (κ3) is 4.54. The zero-order valence-electron chi connectivity index (χ0n) is 12.4. The summed E-state index contributed by atoms with van der Waals surface area (Å²) in [6.45, 7) is 0.171. The molecule has 0 saturated heterocycles. The number of rotatable bonds is 7. The Kier molecular flexibility index (Phi) is 5.72. The van der Waals surface area contributed by atoms with Gasteiger partial charge in [-0.15, -0.1) is 0 Å². The highest BCUT2D eigenvalue weighted by molar-refractivity contribution is 7.91. The van der Waals surface area contributed by atoms with Crippen molar-refractivity contribution in [2.24, 2.45) is 0 Å². The quantitative estimate of drug-likeness (QED) is 0.753. The molecular formula is C16H16O6S. The molecule has 0 amide bonds. The molecule has 1 unspecified atom stereocenters. The van der Waals surface area contributed by atoms with E-state index in [9.17, 15) is 14.5 Å². The summed E-state index contributed by atoms with van der Waals surface area (Å²) in [5.41, 5.74) is -0.195. The van der Waals surface area contributed by atoms with Crippen molar-refractivity contribution < 1.29 is 29.0 Å². The van der Waals surface area contributed by atoms with Crippen molar-refractivity contribution in [1.82, 2.24) is 0 Å². The Labute approximate surface area is 136 Å². The van der Waals surface area contributed by atoms with E-state index in [-0.39, 0.29) is 23.7 Å². The molecule has 0 aliphatic rings. The van der Waals surface area contributed by atoms with Crippen LogP contribution >= 0.6 is 0 Å². The van der Waals surface area contributed by atoms with Crippen LogP contribution in [-0.2, 0) is 11.2 Å². The van der Waals surface area contributed by atoms with E-state index in [0.717, 1.165) is 0 Å². The summed E-state index contributed by atoms with van der Waals surface area (Å²) in [6, 6.07) is 10.8. The van der Waals surface area contributed by atoms with E-state index in [0.29, 0.717) is 16.4 Å². The molecule has 0 fully saturated rings. The monoisotopic (exact) mass is 336 g/mol. The topological polar surface area (TPSA) is 99.0 Å². The van der Waals surface area contributed by atoms with Gasteiger partial charge in [-0.1, -0.05) is 0 Å². The molecule has 2 rings (SSSR count). The molecule has 2 aromatic carbocycles. The molecule has 0 aliphatic carbocycles. The van der Waals surface area contributed by atoms with E-state index in [1.54, 1.807) is 31.4 Å². The molecule has 7 heteroatoms. The number of methoxy groups -OCH3 is 1. The van der Waals surface area contributed by atoms with E-state index >= 15 is 0 Å². The van der Waals surface area contributed by atoms with Gasteiger partial charge in [0.15, 0.2) is 4.90 Å². The Morgan fingerprint density at radius 1 is 1.17 bits per heavy atom. The van der Waals surface area contributed by atoms with Crippen molar-refractivity contribution in [2.75, 3.05) is 19.5 Å². The summed E-state index contributed by atoms with van der Waals surface area (Å²) in [4.78, 5) is 11.5. The van der Waals surface area contributed by atoms with Crippen LogP contribution in [0.25, 0.3) is 0 Å². The highest BCUT2D eigenvalue weighted by Crippen LogP contribution is 2.24. The average Bonchev–Trinajstić information content (AvgIpc) is 2.54. The first-order valence-corrected chi connectivity index (χ1v) is 8.04. The van der Waals surface area contributed by atoms with Gasteiger partial charge in [0.25, 0.3) is 0 Å². The standard InChI is InChI=1S/C16H16O6S/c1-21-11-2-5-13(6-3-11)23(20)9-8-22-12-4-7-14(16(18)19)15(17)10-12/h2-7,10,17H,8-9H2,1H3,(H,18,19). The third-order valence-electron chi connectivity index (χ3n) is 3.06. The lowest BCUT2D eigenvalue weighted by Crippen LogP contribution is -2.14. The van der Waals surface area contributed by atoms with Gasteiger partial charge in [0.2, 0.25) is 0 Å². The number of aromatic carboxylic acids is 1. The van der Waals surface area contributed by atoms with Gasteiger partial charge in [-0.05, 0) is 47.6 Å². The predicted molar refractivity (Wildman–Crippen MR) is 84.8 cm³/mol. The Hall–Kier alpha value is -2.38. The van der Waals surface area contributed by atoms with Crippen molar-refractivity contribution in [1.29, 1.82) is 0 Å². The van der Waals surface area contributed by atoms with Gasteiger partial charge in [-0.25, -0.2) is 4.79 Å². The first kappa shape index (κ1) is 17.0. The number of carbonyl (C=O) groups is 1. The molecule has 6 nitrogen and oxygen atoms in total. The summed E-state index contributed by atoms with van der Waals surface area (Å²) in [6.07, 6.45) is 0. The average molecular weight is 336 g/mol. The summed E-state index contributed by atoms with van der Waals surface area (Å²) in [5.74, 6) is -0.301. The van der Waals surface area contributed by atoms with Crippen molar-refractivity contribution in [2.45, 2.75) is 4.90 Å². The summed E-state index contributed by atoms with van der Waals surface area (Å²) in [5, 5.41) is 18.4. The SMILES string of the molecule is COc1ccc([S+]([O-])CCOc2ccc(C(=O)O)c(O)c2)cc1. The van der Waals surface area contributed by atoms with Crippen molar-refractivity contribution in [3.05, 3.63) is 48.0 Å².